The van der Waals surface area contributed by atoms with E-state index in [0.717, 1.165) is 11.0 Å². The van der Waals surface area contributed by atoms with Gasteiger partial charge in [0.1, 0.15) is 0 Å². The fraction of sp³-hybridized carbons (Fsp3) is 0.133. The molecule has 0 fully saturated rings. The van der Waals surface area contributed by atoms with Gasteiger partial charge < -0.3 is 15.7 Å². The molecule has 110 valence electrons. The van der Waals surface area contributed by atoms with Crippen LogP contribution in [0.5, 0.6) is 0 Å². The van der Waals surface area contributed by atoms with Crippen LogP contribution >= 0.6 is 0 Å². The summed E-state index contributed by atoms with van der Waals surface area (Å²) in [4.78, 5) is 13.5. The lowest BCUT2D eigenvalue weighted by atomic mass is 10.1. The van der Waals surface area contributed by atoms with E-state index in [-0.39, 0.29) is 13.2 Å². The van der Waals surface area contributed by atoms with Gasteiger partial charge in [-0.3, -0.25) is 4.79 Å². The number of hydrogen-bond acceptors (Lipinski definition) is 3. The van der Waals surface area contributed by atoms with Gasteiger partial charge in [-0.05, 0) is 24.3 Å². The molecule has 2 rings (SSSR count). The van der Waals surface area contributed by atoms with Gasteiger partial charge in [0.05, 0.1) is 23.5 Å². The number of rotatable bonds is 4. The van der Waals surface area contributed by atoms with Gasteiger partial charge in [0.2, 0.25) is 0 Å². The van der Waals surface area contributed by atoms with Crippen LogP contribution in [0.15, 0.2) is 42.5 Å². The molecule has 0 unspecified atom stereocenters. The smallest absolute Gasteiger partial charge is 0.261 e. The van der Waals surface area contributed by atoms with E-state index in [0.29, 0.717) is 11.4 Å². The van der Waals surface area contributed by atoms with Crippen molar-refractivity contribution < 1.29 is 18.7 Å². The minimum absolute atomic E-state index is 0.0804. The Morgan fingerprint density at radius 1 is 1.14 bits per heavy atom. The van der Waals surface area contributed by atoms with E-state index in [1.165, 1.54) is 12.1 Å². The van der Waals surface area contributed by atoms with E-state index >= 15 is 0 Å². The molecule has 0 heterocycles. The number of halogens is 2. The molecule has 4 nitrogen and oxygen atoms in total. The first-order chi connectivity index (χ1) is 10.1. The molecule has 21 heavy (non-hydrogen) atoms. The summed E-state index contributed by atoms with van der Waals surface area (Å²) in [5.74, 6) is -3.09. The Hall–Kier alpha value is -2.47. The lowest BCUT2D eigenvalue weighted by Gasteiger charge is -2.23. The number of nitrogens with zero attached hydrogens (tertiary/aromatic N) is 1. The van der Waals surface area contributed by atoms with Gasteiger partial charge in [0.15, 0.2) is 11.6 Å². The highest BCUT2D eigenvalue weighted by molar-refractivity contribution is 6.07. The summed E-state index contributed by atoms with van der Waals surface area (Å²) in [6, 6.07) is 9.85. The number of carbonyl (C=O) groups excluding carboxylic acids is 1. The molecule has 0 spiro atoms. The quantitative estimate of drug-likeness (QED) is 0.849. The number of anilines is 2. The predicted octanol–water partition coefficient (Wildman–Crippen LogP) is 2.19. The summed E-state index contributed by atoms with van der Waals surface area (Å²) in [6.07, 6.45) is 0. The average molecular weight is 292 g/mol. The molecule has 6 heteroatoms. The maximum atomic E-state index is 13.8. The number of aliphatic hydroxyl groups is 1. The SMILES string of the molecule is Nc1ccccc1N(CCO)C(=O)c1cccc(F)c1F. The van der Waals surface area contributed by atoms with Crippen LogP contribution in [0, 0.1) is 11.6 Å². The molecule has 2 aromatic carbocycles. The van der Waals surface area contributed by atoms with E-state index in [4.69, 9.17) is 10.8 Å². The van der Waals surface area contributed by atoms with Gasteiger partial charge in [0.25, 0.3) is 5.91 Å². The van der Waals surface area contributed by atoms with Crippen LogP contribution < -0.4 is 10.6 Å². The number of nitrogens with two attached hydrogens (primary N) is 1. The molecule has 0 aliphatic carbocycles. The number of amides is 1. The van der Waals surface area contributed by atoms with Crippen molar-refractivity contribution in [2.75, 3.05) is 23.8 Å². The third kappa shape index (κ3) is 3.00. The Balaban J connectivity index is 2.46. The number of hydrogen-bond donors (Lipinski definition) is 2. The lowest BCUT2D eigenvalue weighted by Crippen LogP contribution is -2.34. The third-order valence-corrected chi connectivity index (χ3v) is 2.98. The standard InChI is InChI=1S/C15H14F2N2O2/c16-11-5-3-4-10(14(11)17)15(21)19(8-9-20)13-7-2-1-6-12(13)18/h1-7,20H,8-9,18H2. The first-order valence-electron chi connectivity index (χ1n) is 6.27. The van der Waals surface area contributed by atoms with Gasteiger partial charge >= 0.3 is 0 Å². The Bertz CT molecular complexity index is 662. The minimum Gasteiger partial charge on any atom is -0.397 e. The fourth-order valence-electron chi connectivity index (χ4n) is 1.98. The van der Waals surface area contributed by atoms with Crippen molar-refractivity contribution in [2.24, 2.45) is 0 Å². The zero-order valence-electron chi connectivity index (χ0n) is 11.1. The Kier molecular flexibility index (Phi) is 4.49. The number of benzene rings is 2. The number of nitrogen functional groups attached to an aromatic ring is 1. The first-order valence-corrected chi connectivity index (χ1v) is 6.27. The normalized spacial score (nSPS) is 10.4. The van der Waals surface area contributed by atoms with Gasteiger partial charge in [-0.2, -0.15) is 0 Å². The molecule has 0 saturated heterocycles. The molecule has 0 aliphatic rings. The molecule has 0 aliphatic heterocycles. The second-order valence-electron chi connectivity index (χ2n) is 4.34. The molecule has 1 amide bonds. The molecule has 0 aromatic heterocycles. The van der Waals surface area contributed by atoms with Crippen LogP contribution in [0.25, 0.3) is 0 Å². The second-order valence-corrected chi connectivity index (χ2v) is 4.34. The zero-order valence-corrected chi connectivity index (χ0v) is 11.1. The molecule has 0 radical (unpaired) electrons. The highest BCUT2D eigenvalue weighted by Crippen LogP contribution is 2.25. The van der Waals surface area contributed by atoms with Crippen molar-refractivity contribution in [2.45, 2.75) is 0 Å². The average Bonchev–Trinajstić information content (AvgIpc) is 2.48. The molecular formula is C15H14F2N2O2. The van der Waals surface area contributed by atoms with Crippen molar-refractivity contribution in [1.82, 2.24) is 0 Å². The molecule has 0 bridgehead atoms. The van der Waals surface area contributed by atoms with Gasteiger partial charge in [-0.1, -0.05) is 18.2 Å². The second kappa shape index (κ2) is 6.32. The summed E-state index contributed by atoms with van der Waals surface area (Å²) < 4.78 is 27.0. The number of aliphatic hydroxyl groups excluding tert-OH is 1. The largest absolute Gasteiger partial charge is 0.397 e. The van der Waals surface area contributed by atoms with Crippen LogP contribution in [-0.2, 0) is 0 Å². The maximum Gasteiger partial charge on any atom is 0.261 e. The lowest BCUT2D eigenvalue weighted by molar-refractivity contribution is 0.0976. The predicted molar refractivity (Wildman–Crippen MR) is 76.0 cm³/mol. The first kappa shape index (κ1) is 14.9. The Morgan fingerprint density at radius 2 is 1.86 bits per heavy atom. The van der Waals surface area contributed by atoms with Crippen LogP contribution in [-0.4, -0.2) is 24.2 Å². The highest BCUT2D eigenvalue weighted by atomic mass is 19.2. The van der Waals surface area contributed by atoms with Gasteiger partial charge in [-0.25, -0.2) is 8.78 Å². The van der Waals surface area contributed by atoms with Gasteiger partial charge in [0, 0.05) is 6.54 Å². The van der Waals surface area contributed by atoms with Crippen molar-refractivity contribution in [3.05, 3.63) is 59.7 Å². The summed E-state index contributed by atoms with van der Waals surface area (Å²) in [5.41, 5.74) is 6.02. The minimum atomic E-state index is -1.22. The summed E-state index contributed by atoms with van der Waals surface area (Å²) in [6.45, 7) is -0.417. The Morgan fingerprint density at radius 3 is 2.52 bits per heavy atom. The van der Waals surface area contributed by atoms with Crippen molar-refractivity contribution in [3.63, 3.8) is 0 Å². The van der Waals surface area contributed by atoms with Crippen molar-refractivity contribution in [1.29, 1.82) is 0 Å². The van der Waals surface area contributed by atoms with Crippen LogP contribution in [0.2, 0.25) is 0 Å². The zero-order chi connectivity index (χ0) is 15.4. The molecule has 2 aromatic rings. The van der Waals surface area contributed by atoms with E-state index in [1.807, 2.05) is 0 Å². The molecule has 3 N–H and O–H groups in total. The van der Waals surface area contributed by atoms with E-state index in [2.05, 4.69) is 0 Å². The maximum absolute atomic E-state index is 13.8. The Labute approximate surface area is 120 Å². The number of carbonyl (C=O) groups is 1. The van der Waals surface area contributed by atoms with E-state index in [9.17, 15) is 13.6 Å². The highest BCUT2D eigenvalue weighted by Gasteiger charge is 2.23. The summed E-state index contributed by atoms with van der Waals surface area (Å²) >= 11 is 0. The van der Waals surface area contributed by atoms with E-state index in [1.54, 1.807) is 24.3 Å². The van der Waals surface area contributed by atoms with Crippen molar-refractivity contribution >= 4 is 17.3 Å². The van der Waals surface area contributed by atoms with Crippen LogP contribution in [0.1, 0.15) is 10.4 Å². The van der Waals surface area contributed by atoms with Crippen molar-refractivity contribution in [3.8, 4) is 0 Å². The van der Waals surface area contributed by atoms with Gasteiger partial charge in [-0.15, -0.1) is 0 Å². The van der Waals surface area contributed by atoms with Crippen LogP contribution in [0.3, 0.4) is 0 Å². The summed E-state index contributed by atoms with van der Waals surface area (Å²) in [5, 5.41) is 9.11. The van der Waals surface area contributed by atoms with Crippen LogP contribution in [0.4, 0.5) is 20.2 Å². The molecular weight excluding hydrogens is 278 g/mol. The monoisotopic (exact) mass is 292 g/mol. The third-order valence-electron chi connectivity index (χ3n) is 2.98. The van der Waals surface area contributed by atoms with E-state index < -0.39 is 23.1 Å². The molecule has 0 saturated carbocycles. The topological polar surface area (TPSA) is 66.6 Å². The molecule has 0 atom stereocenters. The summed E-state index contributed by atoms with van der Waals surface area (Å²) in [7, 11) is 0. The number of para-hydroxylation sites is 2. The fourth-order valence-corrected chi connectivity index (χ4v) is 1.98.